The average molecular weight is 397 g/mol. The van der Waals surface area contributed by atoms with Crippen LogP contribution in [0.1, 0.15) is 12.3 Å². The van der Waals surface area contributed by atoms with Gasteiger partial charge in [-0.3, -0.25) is 9.59 Å². The molecule has 2 N–H and O–H groups in total. The van der Waals surface area contributed by atoms with E-state index in [1.54, 1.807) is 30.5 Å². The number of benzene rings is 2. The first kappa shape index (κ1) is 18.2. The number of fused-ring (bicyclic) bond motifs is 1. The van der Waals surface area contributed by atoms with Crippen LogP contribution in [0.25, 0.3) is 11.3 Å². The number of halogens is 1. The number of nitrogens with zero attached hydrogens (tertiary/aromatic N) is 1. The Morgan fingerprint density at radius 3 is 2.89 bits per heavy atom. The summed E-state index contributed by atoms with van der Waals surface area (Å²) in [6.45, 7) is 0. The fraction of sp³-hybridized carbons (Fsp3) is 0.150. The van der Waals surface area contributed by atoms with E-state index in [-0.39, 0.29) is 24.1 Å². The van der Waals surface area contributed by atoms with Gasteiger partial charge in [-0.15, -0.1) is 11.8 Å². The van der Waals surface area contributed by atoms with Crippen LogP contribution < -0.4 is 10.6 Å². The number of rotatable bonds is 5. The lowest BCUT2D eigenvalue weighted by molar-refractivity contribution is -0.116. The van der Waals surface area contributed by atoms with Crippen molar-refractivity contribution in [2.75, 3.05) is 16.4 Å². The molecule has 0 bridgehead atoms. The van der Waals surface area contributed by atoms with Crippen molar-refractivity contribution in [2.45, 2.75) is 17.7 Å². The Labute approximate surface area is 164 Å². The maximum atomic E-state index is 13.0. The smallest absolute Gasteiger partial charge is 0.234 e. The van der Waals surface area contributed by atoms with Crippen LogP contribution in [0.2, 0.25) is 0 Å². The van der Waals surface area contributed by atoms with Gasteiger partial charge in [-0.25, -0.2) is 9.37 Å². The first-order valence-corrected chi connectivity index (χ1v) is 9.62. The highest BCUT2D eigenvalue weighted by molar-refractivity contribution is 8.00. The monoisotopic (exact) mass is 397 g/mol. The number of hydrogen-bond donors (Lipinski definition) is 2. The zero-order valence-electron chi connectivity index (χ0n) is 14.7. The standard InChI is InChI=1S/C20H16FN3O3S/c21-13-3-1-12(2-4-13)16-10-22-20(27-16)8-7-18(25)23-14-5-6-17-15(9-14)24-19(26)11-28-17/h1-6,9-10H,7-8,11H2,(H,23,25)(H,24,26). The second kappa shape index (κ2) is 7.85. The maximum Gasteiger partial charge on any atom is 0.234 e. The highest BCUT2D eigenvalue weighted by Gasteiger charge is 2.16. The number of aryl methyl sites for hydroxylation is 1. The van der Waals surface area contributed by atoms with Crippen molar-refractivity contribution in [2.24, 2.45) is 0 Å². The van der Waals surface area contributed by atoms with E-state index in [2.05, 4.69) is 15.6 Å². The molecule has 0 radical (unpaired) electrons. The van der Waals surface area contributed by atoms with Gasteiger partial charge in [0.15, 0.2) is 11.7 Å². The molecule has 0 fully saturated rings. The fourth-order valence-corrected chi connectivity index (χ4v) is 3.57. The van der Waals surface area contributed by atoms with Gasteiger partial charge in [0.2, 0.25) is 11.8 Å². The zero-order valence-corrected chi connectivity index (χ0v) is 15.5. The lowest BCUT2D eigenvalue weighted by Gasteiger charge is -2.17. The minimum absolute atomic E-state index is 0.0539. The number of carbonyl (C=O) groups excluding carboxylic acids is 2. The lowest BCUT2D eigenvalue weighted by atomic mass is 10.2. The number of anilines is 2. The second-order valence-corrected chi connectivity index (χ2v) is 7.24. The summed E-state index contributed by atoms with van der Waals surface area (Å²) in [6, 6.07) is 11.3. The molecule has 0 unspecified atom stereocenters. The summed E-state index contributed by atoms with van der Waals surface area (Å²) >= 11 is 1.47. The number of thioether (sulfide) groups is 1. The number of nitrogens with one attached hydrogen (secondary N) is 2. The topological polar surface area (TPSA) is 84.2 Å². The van der Waals surface area contributed by atoms with Crippen LogP contribution in [0.15, 0.2) is 58.0 Å². The van der Waals surface area contributed by atoms with Crippen molar-refractivity contribution < 1.29 is 18.4 Å². The lowest BCUT2D eigenvalue weighted by Crippen LogP contribution is -2.19. The maximum absolute atomic E-state index is 13.0. The Morgan fingerprint density at radius 1 is 1.25 bits per heavy atom. The van der Waals surface area contributed by atoms with E-state index in [4.69, 9.17) is 4.42 Å². The number of oxazole rings is 1. The van der Waals surface area contributed by atoms with Crippen LogP contribution in [-0.4, -0.2) is 22.6 Å². The molecule has 3 aromatic rings. The Bertz CT molecular complexity index is 1030. The molecule has 1 aromatic heterocycles. The molecule has 2 aromatic carbocycles. The normalized spacial score (nSPS) is 13.0. The molecule has 0 spiro atoms. The molecule has 8 heteroatoms. The van der Waals surface area contributed by atoms with Crippen LogP contribution in [0.4, 0.5) is 15.8 Å². The Balaban J connectivity index is 1.34. The highest BCUT2D eigenvalue weighted by Crippen LogP contribution is 2.33. The van der Waals surface area contributed by atoms with Crippen LogP contribution in [0, 0.1) is 5.82 Å². The quantitative estimate of drug-likeness (QED) is 0.677. The van der Waals surface area contributed by atoms with E-state index in [1.807, 2.05) is 6.07 Å². The van der Waals surface area contributed by atoms with Gasteiger partial charge < -0.3 is 15.1 Å². The van der Waals surface area contributed by atoms with E-state index < -0.39 is 0 Å². The Hall–Kier alpha value is -3.13. The number of aromatic nitrogens is 1. The molecule has 28 heavy (non-hydrogen) atoms. The Morgan fingerprint density at radius 2 is 2.07 bits per heavy atom. The van der Waals surface area contributed by atoms with Gasteiger partial charge in [0, 0.05) is 29.0 Å². The van der Waals surface area contributed by atoms with Crippen molar-refractivity contribution in [3.63, 3.8) is 0 Å². The molecule has 0 aliphatic carbocycles. The van der Waals surface area contributed by atoms with Gasteiger partial charge in [0.25, 0.3) is 0 Å². The highest BCUT2D eigenvalue weighted by atomic mass is 32.2. The summed E-state index contributed by atoms with van der Waals surface area (Å²) in [5.41, 5.74) is 2.04. The van der Waals surface area contributed by atoms with Crippen molar-refractivity contribution >= 4 is 35.0 Å². The third-order valence-corrected chi connectivity index (χ3v) is 5.22. The number of amides is 2. The van der Waals surface area contributed by atoms with Crippen LogP contribution in [0.5, 0.6) is 0 Å². The van der Waals surface area contributed by atoms with E-state index in [1.165, 1.54) is 23.9 Å². The number of carbonyl (C=O) groups is 2. The summed E-state index contributed by atoms with van der Waals surface area (Å²) in [6.07, 6.45) is 2.09. The van der Waals surface area contributed by atoms with E-state index in [9.17, 15) is 14.0 Å². The molecule has 6 nitrogen and oxygen atoms in total. The first-order valence-electron chi connectivity index (χ1n) is 8.64. The second-order valence-electron chi connectivity index (χ2n) is 6.22. The fourth-order valence-electron chi connectivity index (χ4n) is 2.78. The van der Waals surface area contributed by atoms with Gasteiger partial charge in [0.05, 0.1) is 17.6 Å². The molecule has 142 valence electrons. The summed E-state index contributed by atoms with van der Waals surface area (Å²) in [5.74, 6) is 0.801. The summed E-state index contributed by atoms with van der Waals surface area (Å²) < 4.78 is 18.6. The summed E-state index contributed by atoms with van der Waals surface area (Å²) in [5, 5.41) is 5.60. The summed E-state index contributed by atoms with van der Waals surface area (Å²) in [7, 11) is 0. The van der Waals surface area contributed by atoms with E-state index in [0.717, 1.165) is 10.5 Å². The van der Waals surface area contributed by atoms with Crippen LogP contribution in [-0.2, 0) is 16.0 Å². The zero-order chi connectivity index (χ0) is 19.5. The minimum Gasteiger partial charge on any atom is -0.441 e. The predicted molar refractivity (Wildman–Crippen MR) is 105 cm³/mol. The molecular weight excluding hydrogens is 381 g/mol. The van der Waals surface area contributed by atoms with Gasteiger partial charge in [-0.1, -0.05) is 0 Å². The van der Waals surface area contributed by atoms with Crippen molar-refractivity contribution in [1.29, 1.82) is 0 Å². The molecule has 1 aliphatic heterocycles. The van der Waals surface area contributed by atoms with Crippen LogP contribution in [0.3, 0.4) is 0 Å². The van der Waals surface area contributed by atoms with Crippen molar-refractivity contribution in [3.05, 3.63) is 60.4 Å². The molecule has 0 atom stereocenters. The third-order valence-electron chi connectivity index (χ3n) is 4.14. The molecule has 0 saturated carbocycles. The largest absolute Gasteiger partial charge is 0.441 e. The van der Waals surface area contributed by atoms with Gasteiger partial charge in [-0.2, -0.15) is 0 Å². The third kappa shape index (κ3) is 4.23. The van der Waals surface area contributed by atoms with E-state index >= 15 is 0 Å². The molecule has 4 rings (SSSR count). The van der Waals surface area contributed by atoms with Crippen LogP contribution >= 0.6 is 11.8 Å². The molecule has 0 saturated heterocycles. The predicted octanol–water partition coefficient (Wildman–Crippen LogP) is 4.10. The van der Waals surface area contributed by atoms with Gasteiger partial charge >= 0.3 is 0 Å². The van der Waals surface area contributed by atoms with Crippen molar-refractivity contribution in [3.8, 4) is 11.3 Å². The van der Waals surface area contributed by atoms with E-state index in [0.29, 0.717) is 35.2 Å². The SMILES string of the molecule is O=C(CCc1ncc(-c2ccc(F)cc2)o1)Nc1ccc2c(c1)NC(=O)CS2. The summed E-state index contributed by atoms with van der Waals surface area (Å²) in [4.78, 5) is 28.8. The van der Waals surface area contributed by atoms with Gasteiger partial charge in [0.1, 0.15) is 5.82 Å². The van der Waals surface area contributed by atoms with Crippen molar-refractivity contribution in [1.82, 2.24) is 4.98 Å². The molecule has 2 amide bonds. The minimum atomic E-state index is -0.319. The number of hydrogen-bond acceptors (Lipinski definition) is 5. The van der Waals surface area contributed by atoms with Gasteiger partial charge in [-0.05, 0) is 42.5 Å². The Kier molecular flexibility index (Phi) is 5.12. The molecule has 1 aliphatic rings. The molecule has 2 heterocycles. The molecular formula is C20H16FN3O3S. The first-order chi connectivity index (χ1) is 13.6. The average Bonchev–Trinajstić information content (AvgIpc) is 3.16.